The highest BCUT2D eigenvalue weighted by Crippen LogP contribution is 2.24. The summed E-state index contributed by atoms with van der Waals surface area (Å²) in [4.78, 5) is 21.7. The summed E-state index contributed by atoms with van der Waals surface area (Å²) in [6.07, 6.45) is 2.22. The maximum absolute atomic E-state index is 12.8. The van der Waals surface area contributed by atoms with Crippen LogP contribution >= 0.6 is 0 Å². The Morgan fingerprint density at radius 1 is 1.33 bits per heavy atom. The van der Waals surface area contributed by atoms with Crippen molar-refractivity contribution in [3.05, 3.63) is 11.6 Å². The van der Waals surface area contributed by atoms with Gasteiger partial charge in [-0.15, -0.1) is 0 Å². The van der Waals surface area contributed by atoms with E-state index in [-0.39, 0.29) is 11.9 Å². The largest absolute Gasteiger partial charge is 0.381 e. The van der Waals surface area contributed by atoms with Gasteiger partial charge in [-0.1, -0.05) is 13.8 Å². The predicted molar refractivity (Wildman–Crippen MR) is 90.7 cm³/mol. The third kappa shape index (κ3) is 3.95. The van der Waals surface area contributed by atoms with Gasteiger partial charge in [0.25, 0.3) is 0 Å². The van der Waals surface area contributed by atoms with E-state index in [2.05, 4.69) is 41.0 Å². The second-order valence-corrected chi connectivity index (χ2v) is 7.36. The molecule has 0 aromatic carbocycles. The number of nitrogens with one attached hydrogen (secondary N) is 1. The van der Waals surface area contributed by atoms with Crippen LogP contribution in [-0.4, -0.2) is 76.8 Å². The van der Waals surface area contributed by atoms with E-state index in [0.29, 0.717) is 24.1 Å². The summed E-state index contributed by atoms with van der Waals surface area (Å²) >= 11 is 0. The Kier molecular flexibility index (Phi) is 5.50. The normalized spacial score (nSPS) is 23.8. The molecule has 0 radical (unpaired) electrons. The number of carbonyl (C=O) groups is 1. The highest BCUT2D eigenvalue weighted by Gasteiger charge is 2.31. The van der Waals surface area contributed by atoms with E-state index in [1.807, 2.05) is 4.90 Å². The molecule has 2 aliphatic heterocycles. The van der Waals surface area contributed by atoms with Crippen LogP contribution in [0.4, 0.5) is 0 Å². The molecule has 24 heavy (non-hydrogen) atoms. The average molecular weight is 335 g/mol. The number of aromatic amines is 1. The molecule has 2 saturated heterocycles. The van der Waals surface area contributed by atoms with Crippen molar-refractivity contribution in [2.24, 2.45) is 5.92 Å². The smallest absolute Gasteiger partial charge is 0.230 e. The van der Waals surface area contributed by atoms with Crippen molar-refractivity contribution in [1.29, 1.82) is 0 Å². The van der Waals surface area contributed by atoms with Crippen LogP contribution in [0.15, 0.2) is 0 Å². The van der Waals surface area contributed by atoms with Crippen molar-refractivity contribution in [2.45, 2.75) is 45.1 Å². The summed E-state index contributed by atoms with van der Waals surface area (Å²) in [5.74, 6) is 2.47. The zero-order valence-electron chi connectivity index (χ0n) is 15.0. The van der Waals surface area contributed by atoms with Gasteiger partial charge in [0.05, 0.1) is 6.42 Å². The van der Waals surface area contributed by atoms with Crippen molar-refractivity contribution in [1.82, 2.24) is 25.0 Å². The van der Waals surface area contributed by atoms with Crippen molar-refractivity contribution < 1.29 is 9.53 Å². The lowest BCUT2D eigenvalue weighted by Gasteiger charge is -2.42. The summed E-state index contributed by atoms with van der Waals surface area (Å²) in [5.41, 5.74) is 0. The van der Waals surface area contributed by atoms with Crippen LogP contribution in [0, 0.1) is 5.92 Å². The lowest BCUT2D eigenvalue weighted by molar-refractivity contribution is -0.136. The molecule has 134 valence electrons. The number of aromatic nitrogens is 3. The number of carbonyl (C=O) groups excluding carboxylic acids is 1. The Balaban J connectivity index is 1.62. The number of hydrogen-bond donors (Lipinski definition) is 1. The predicted octanol–water partition coefficient (Wildman–Crippen LogP) is 1.04. The van der Waals surface area contributed by atoms with Gasteiger partial charge in [0.15, 0.2) is 5.82 Å². The van der Waals surface area contributed by atoms with Gasteiger partial charge >= 0.3 is 0 Å². The molecule has 0 spiro atoms. The highest BCUT2D eigenvalue weighted by molar-refractivity contribution is 5.78. The second kappa shape index (κ2) is 7.61. The van der Waals surface area contributed by atoms with Gasteiger partial charge < -0.3 is 14.5 Å². The van der Waals surface area contributed by atoms with Crippen LogP contribution in [0.2, 0.25) is 0 Å². The van der Waals surface area contributed by atoms with E-state index in [4.69, 9.17) is 4.74 Å². The Hall–Kier alpha value is -1.47. The molecule has 3 heterocycles. The molecule has 1 aromatic rings. The van der Waals surface area contributed by atoms with Crippen molar-refractivity contribution >= 4 is 5.91 Å². The first-order valence-corrected chi connectivity index (χ1v) is 9.01. The molecule has 2 aliphatic rings. The van der Waals surface area contributed by atoms with Gasteiger partial charge in [0.1, 0.15) is 5.82 Å². The Morgan fingerprint density at radius 3 is 2.79 bits per heavy atom. The van der Waals surface area contributed by atoms with Crippen molar-refractivity contribution in [2.75, 3.05) is 39.9 Å². The minimum atomic E-state index is 0.150. The Labute approximate surface area is 143 Å². The third-order valence-corrected chi connectivity index (χ3v) is 5.17. The SMILES string of the molecule is CC(C)C1CN(C)CCN1C(=O)Cc1nc(C2CCOCC2)n[nH]1. The average Bonchev–Trinajstić information content (AvgIpc) is 3.04. The molecule has 0 bridgehead atoms. The van der Waals surface area contributed by atoms with E-state index in [1.165, 1.54) is 0 Å². The molecule has 1 aromatic heterocycles. The fourth-order valence-corrected chi connectivity index (χ4v) is 3.61. The highest BCUT2D eigenvalue weighted by atomic mass is 16.5. The number of rotatable bonds is 4. The fraction of sp³-hybridized carbons (Fsp3) is 0.824. The summed E-state index contributed by atoms with van der Waals surface area (Å²) in [7, 11) is 2.12. The fourth-order valence-electron chi connectivity index (χ4n) is 3.61. The molecular formula is C17H29N5O2. The molecule has 1 amide bonds. The number of H-pyrrole nitrogens is 1. The zero-order chi connectivity index (χ0) is 17.1. The molecule has 0 aliphatic carbocycles. The van der Waals surface area contributed by atoms with Crippen LogP contribution < -0.4 is 0 Å². The molecule has 3 rings (SSSR count). The number of amides is 1. The monoisotopic (exact) mass is 335 g/mol. The third-order valence-electron chi connectivity index (χ3n) is 5.17. The van der Waals surface area contributed by atoms with E-state index >= 15 is 0 Å². The van der Waals surface area contributed by atoms with Gasteiger partial charge in [0, 0.05) is 44.8 Å². The molecule has 1 N–H and O–H groups in total. The molecular weight excluding hydrogens is 306 g/mol. The maximum Gasteiger partial charge on any atom is 0.230 e. The lowest BCUT2D eigenvalue weighted by atomic mass is 9.99. The number of ether oxygens (including phenoxy) is 1. The minimum Gasteiger partial charge on any atom is -0.381 e. The molecule has 2 fully saturated rings. The van der Waals surface area contributed by atoms with Gasteiger partial charge in [-0.05, 0) is 25.8 Å². The number of nitrogens with zero attached hydrogens (tertiary/aromatic N) is 4. The molecule has 7 heteroatoms. The van der Waals surface area contributed by atoms with E-state index in [0.717, 1.165) is 51.5 Å². The maximum atomic E-state index is 12.8. The van der Waals surface area contributed by atoms with Gasteiger partial charge in [-0.3, -0.25) is 9.89 Å². The lowest BCUT2D eigenvalue weighted by Crippen LogP contribution is -2.56. The van der Waals surface area contributed by atoms with Crippen LogP contribution in [0.1, 0.15) is 44.3 Å². The molecule has 1 atom stereocenters. The van der Waals surface area contributed by atoms with Gasteiger partial charge in [0.2, 0.25) is 5.91 Å². The second-order valence-electron chi connectivity index (χ2n) is 7.36. The van der Waals surface area contributed by atoms with Crippen LogP contribution in [-0.2, 0) is 16.0 Å². The molecule has 0 saturated carbocycles. The minimum absolute atomic E-state index is 0.150. The van der Waals surface area contributed by atoms with Gasteiger partial charge in [-0.25, -0.2) is 4.98 Å². The van der Waals surface area contributed by atoms with Crippen LogP contribution in [0.3, 0.4) is 0 Å². The molecule has 1 unspecified atom stereocenters. The summed E-state index contributed by atoms with van der Waals surface area (Å²) in [5, 5.41) is 7.30. The summed E-state index contributed by atoms with van der Waals surface area (Å²) < 4.78 is 5.38. The number of piperazine rings is 1. The van der Waals surface area contributed by atoms with Crippen molar-refractivity contribution in [3.63, 3.8) is 0 Å². The quantitative estimate of drug-likeness (QED) is 0.890. The number of hydrogen-bond acceptors (Lipinski definition) is 5. The van der Waals surface area contributed by atoms with Crippen LogP contribution in [0.5, 0.6) is 0 Å². The van der Waals surface area contributed by atoms with E-state index in [1.54, 1.807) is 0 Å². The van der Waals surface area contributed by atoms with Crippen LogP contribution in [0.25, 0.3) is 0 Å². The topological polar surface area (TPSA) is 74.3 Å². The zero-order valence-corrected chi connectivity index (χ0v) is 15.0. The molecule has 7 nitrogen and oxygen atoms in total. The first kappa shape index (κ1) is 17.4. The van der Waals surface area contributed by atoms with Crippen molar-refractivity contribution in [3.8, 4) is 0 Å². The van der Waals surface area contributed by atoms with E-state index in [9.17, 15) is 4.79 Å². The Morgan fingerprint density at radius 2 is 2.08 bits per heavy atom. The first-order chi connectivity index (χ1) is 11.5. The summed E-state index contributed by atoms with van der Waals surface area (Å²) in [6.45, 7) is 8.56. The number of likely N-dealkylation sites (N-methyl/N-ethyl adjacent to an activating group) is 1. The summed E-state index contributed by atoms with van der Waals surface area (Å²) in [6, 6.07) is 0.272. The first-order valence-electron chi connectivity index (χ1n) is 9.01. The Bertz CT molecular complexity index is 553. The van der Waals surface area contributed by atoms with E-state index < -0.39 is 0 Å². The standard InChI is InChI=1S/C17H29N5O2/c1-12(2)14-11-21(3)6-7-22(14)16(23)10-15-18-17(20-19-15)13-4-8-24-9-5-13/h12-14H,4-11H2,1-3H3,(H,18,19,20). The van der Waals surface area contributed by atoms with Gasteiger partial charge in [-0.2, -0.15) is 5.10 Å².